The first-order valence-electron chi connectivity index (χ1n) is 6.26. The summed E-state index contributed by atoms with van der Waals surface area (Å²) >= 11 is 0. The average molecular weight is 302 g/mol. The van der Waals surface area contributed by atoms with Gasteiger partial charge in [-0.25, -0.2) is 8.42 Å². The van der Waals surface area contributed by atoms with Crippen molar-refractivity contribution in [3.8, 4) is 0 Å². The summed E-state index contributed by atoms with van der Waals surface area (Å²) in [5.41, 5.74) is 0.365. The van der Waals surface area contributed by atoms with Gasteiger partial charge in [-0.1, -0.05) is 6.07 Å². The molecule has 0 atom stereocenters. The maximum atomic E-state index is 12.3. The summed E-state index contributed by atoms with van der Waals surface area (Å²) in [6.07, 6.45) is 2.33. The minimum absolute atomic E-state index is 0.0394. The molecule has 1 amide bonds. The molecule has 104 valence electrons. The largest absolute Gasteiger partial charge is 0.339 e. The van der Waals surface area contributed by atoms with Gasteiger partial charge in [0, 0.05) is 29.3 Å². The highest BCUT2D eigenvalue weighted by molar-refractivity contribution is 8.13. The van der Waals surface area contributed by atoms with E-state index in [1.807, 2.05) is 6.92 Å². The fourth-order valence-corrected chi connectivity index (χ4v) is 2.73. The van der Waals surface area contributed by atoms with Crippen LogP contribution in [0.5, 0.6) is 0 Å². The molecule has 0 bridgehead atoms. The summed E-state index contributed by atoms with van der Waals surface area (Å²) in [5, 5.41) is 0. The van der Waals surface area contributed by atoms with E-state index >= 15 is 0 Å². The molecule has 0 heterocycles. The predicted molar refractivity (Wildman–Crippen MR) is 73.8 cm³/mol. The van der Waals surface area contributed by atoms with Gasteiger partial charge in [-0.15, -0.1) is 0 Å². The standard InChI is InChI=1S/C13H16ClNO3S/c1-2-15(9-10-6-7-10)13(16)11-4-3-5-12(8-11)19(14,17)18/h3-5,8,10H,2,6-7,9H2,1H3. The maximum Gasteiger partial charge on any atom is 0.261 e. The van der Waals surface area contributed by atoms with E-state index in [0.717, 1.165) is 6.54 Å². The number of nitrogens with zero attached hydrogens (tertiary/aromatic N) is 1. The molecule has 6 heteroatoms. The number of amides is 1. The van der Waals surface area contributed by atoms with Gasteiger partial charge < -0.3 is 4.90 Å². The topological polar surface area (TPSA) is 54.5 Å². The first-order chi connectivity index (χ1) is 8.91. The van der Waals surface area contributed by atoms with Crippen LogP contribution in [0.15, 0.2) is 29.2 Å². The van der Waals surface area contributed by atoms with Gasteiger partial charge >= 0.3 is 0 Å². The monoisotopic (exact) mass is 301 g/mol. The summed E-state index contributed by atoms with van der Waals surface area (Å²) in [6, 6.07) is 5.87. The van der Waals surface area contributed by atoms with E-state index in [9.17, 15) is 13.2 Å². The predicted octanol–water partition coefficient (Wildman–Crippen LogP) is 2.49. The Morgan fingerprint density at radius 3 is 2.63 bits per heavy atom. The van der Waals surface area contributed by atoms with Crippen LogP contribution in [0.2, 0.25) is 0 Å². The van der Waals surface area contributed by atoms with E-state index in [1.54, 1.807) is 11.0 Å². The Morgan fingerprint density at radius 2 is 2.11 bits per heavy atom. The van der Waals surface area contributed by atoms with Gasteiger partial charge in [0.05, 0.1) is 4.90 Å². The van der Waals surface area contributed by atoms with Crippen molar-refractivity contribution in [3.63, 3.8) is 0 Å². The van der Waals surface area contributed by atoms with Gasteiger partial charge in [-0.2, -0.15) is 0 Å². The first kappa shape index (κ1) is 14.3. The zero-order chi connectivity index (χ0) is 14.0. The second-order valence-corrected chi connectivity index (χ2v) is 7.32. The van der Waals surface area contributed by atoms with Crippen molar-refractivity contribution in [2.45, 2.75) is 24.7 Å². The number of rotatable bonds is 5. The summed E-state index contributed by atoms with van der Waals surface area (Å²) in [4.78, 5) is 14.0. The number of hydrogen-bond donors (Lipinski definition) is 0. The molecule has 1 aromatic rings. The van der Waals surface area contributed by atoms with Gasteiger partial charge in [0.2, 0.25) is 0 Å². The summed E-state index contributed by atoms with van der Waals surface area (Å²) in [7, 11) is 1.49. The quantitative estimate of drug-likeness (QED) is 0.785. The number of benzene rings is 1. The van der Waals surface area contributed by atoms with Gasteiger partial charge in [-0.3, -0.25) is 4.79 Å². The van der Waals surface area contributed by atoms with Crippen LogP contribution in [0.25, 0.3) is 0 Å². The Morgan fingerprint density at radius 1 is 1.42 bits per heavy atom. The lowest BCUT2D eigenvalue weighted by Gasteiger charge is -2.20. The molecule has 0 spiro atoms. The van der Waals surface area contributed by atoms with Gasteiger partial charge in [0.25, 0.3) is 15.0 Å². The molecule has 1 fully saturated rings. The fourth-order valence-electron chi connectivity index (χ4n) is 1.93. The third kappa shape index (κ3) is 3.70. The van der Waals surface area contributed by atoms with Crippen molar-refractivity contribution in [2.75, 3.05) is 13.1 Å². The van der Waals surface area contributed by atoms with Crippen LogP contribution in [0.1, 0.15) is 30.1 Å². The zero-order valence-corrected chi connectivity index (χ0v) is 12.2. The van der Waals surface area contributed by atoms with E-state index in [0.29, 0.717) is 18.0 Å². The number of halogens is 1. The van der Waals surface area contributed by atoms with Gasteiger partial charge in [0.15, 0.2) is 0 Å². The molecule has 2 rings (SSSR count). The molecular formula is C13H16ClNO3S. The Balaban J connectivity index is 2.22. The van der Waals surface area contributed by atoms with Crippen molar-refractivity contribution in [2.24, 2.45) is 5.92 Å². The minimum atomic E-state index is -3.80. The third-order valence-corrected chi connectivity index (χ3v) is 4.56. The van der Waals surface area contributed by atoms with Crippen LogP contribution in [0, 0.1) is 5.92 Å². The highest BCUT2D eigenvalue weighted by Gasteiger charge is 2.26. The van der Waals surface area contributed by atoms with Crippen molar-refractivity contribution < 1.29 is 13.2 Å². The third-order valence-electron chi connectivity index (χ3n) is 3.21. The number of carbonyl (C=O) groups is 1. The Bertz CT molecular complexity index is 581. The Kier molecular flexibility index (Phi) is 4.16. The number of carbonyl (C=O) groups excluding carboxylic acids is 1. The van der Waals surface area contributed by atoms with Crippen LogP contribution in [-0.4, -0.2) is 32.3 Å². The van der Waals surface area contributed by atoms with Crippen LogP contribution in [0.4, 0.5) is 0 Å². The first-order valence-corrected chi connectivity index (χ1v) is 8.56. The molecule has 0 radical (unpaired) electrons. The summed E-state index contributed by atoms with van der Waals surface area (Å²) in [5.74, 6) is 0.459. The zero-order valence-electron chi connectivity index (χ0n) is 10.7. The molecule has 0 aliphatic heterocycles. The van der Waals surface area contributed by atoms with E-state index < -0.39 is 9.05 Å². The lowest BCUT2D eigenvalue weighted by atomic mass is 10.2. The second-order valence-electron chi connectivity index (χ2n) is 4.75. The van der Waals surface area contributed by atoms with Crippen LogP contribution < -0.4 is 0 Å². The summed E-state index contributed by atoms with van der Waals surface area (Å²) < 4.78 is 22.6. The molecule has 1 saturated carbocycles. The maximum absolute atomic E-state index is 12.3. The molecule has 4 nitrogen and oxygen atoms in total. The molecule has 0 saturated heterocycles. The van der Waals surface area contributed by atoms with Gasteiger partial charge in [0.1, 0.15) is 0 Å². The van der Waals surface area contributed by atoms with Crippen molar-refractivity contribution in [1.82, 2.24) is 4.90 Å². The molecule has 1 aliphatic rings. The van der Waals surface area contributed by atoms with Gasteiger partial charge in [-0.05, 0) is 43.9 Å². The highest BCUT2D eigenvalue weighted by atomic mass is 35.7. The van der Waals surface area contributed by atoms with Crippen LogP contribution >= 0.6 is 10.7 Å². The van der Waals surface area contributed by atoms with Crippen molar-refractivity contribution >= 4 is 25.6 Å². The molecule has 19 heavy (non-hydrogen) atoms. The van der Waals surface area contributed by atoms with E-state index in [4.69, 9.17) is 10.7 Å². The Labute approximate surface area is 117 Å². The van der Waals surface area contributed by atoms with E-state index in [1.165, 1.54) is 31.0 Å². The lowest BCUT2D eigenvalue weighted by molar-refractivity contribution is 0.0756. The molecule has 0 aromatic heterocycles. The van der Waals surface area contributed by atoms with Crippen LogP contribution in [0.3, 0.4) is 0 Å². The SMILES string of the molecule is CCN(CC1CC1)C(=O)c1cccc(S(=O)(=O)Cl)c1. The molecule has 0 N–H and O–H groups in total. The second kappa shape index (κ2) is 5.51. The molecule has 1 aliphatic carbocycles. The minimum Gasteiger partial charge on any atom is -0.339 e. The lowest BCUT2D eigenvalue weighted by Crippen LogP contribution is -2.32. The van der Waals surface area contributed by atoms with Crippen LogP contribution in [-0.2, 0) is 9.05 Å². The smallest absolute Gasteiger partial charge is 0.261 e. The van der Waals surface area contributed by atoms with E-state index in [2.05, 4.69) is 0 Å². The molecular weight excluding hydrogens is 286 g/mol. The highest BCUT2D eigenvalue weighted by Crippen LogP contribution is 2.30. The van der Waals surface area contributed by atoms with Crippen molar-refractivity contribution in [3.05, 3.63) is 29.8 Å². The normalized spacial score (nSPS) is 15.3. The number of hydrogen-bond acceptors (Lipinski definition) is 3. The Hall–Kier alpha value is -1.07. The molecule has 0 unspecified atom stereocenters. The summed E-state index contributed by atoms with van der Waals surface area (Å²) in [6.45, 7) is 3.28. The molecule has 1 aromatic carbocycles. The average Bonchev–Trinajstić information content (AvgIpc) is 3.18. The fraction of sp³-hybridized carbons (Fsp3) is 0.462. The van der Waals surface area contributed by atoms with E-state index in [-0.39, 0.29) is 10.8 Å². The van der Waals surface area contributed by atoms with Crippen molar-refractivity contribution in [1.29, 1.82) is 0 Å².